The zero-order valence-electron chi connectivity index (χ0n) is 9.43. The minimum Gasteiger partial charge on any atom is -0.359 e. The van der Waals surface area contributed by atoms with E-state index >= 15 is 0 Å². The van der Waals surface area contributed by atoms with Crippen LogP contribution in [0, 0.1) is 0 Å². The maximum absolute atomic E-state index is 2.37. The van der Waals surface area contributed by atoms with Crippen molar-refractivity contribution >= 4 is 0 Å². The summed E-state index contributed by atoms with van der Waals surface area (Å²) in [4.78, 5) is 4.69. The number of allylic oxidation sites excluding steroid dienone is 2. The maximum Gasteiger partial charge on any atom is 0.0892 e. The first-order chi connectivity index (χ1) is 6.16. The molecule has 0 aliphatic carbocycles. The Balaban J connectivity index is 2.46. The predicted molar refractivity (Wildman–Crippen MR) is 57.2 cm³/mol. The van der Waals surface area contributed by atoms with Gasteiger partial charge >= 0.3 is 0 Å². The van der Waals surface area contributed by atoms with Crippen LogP contribution in [0.4, 0.5) is 0 Å². The summed E-state index contributed by atoms with van der Waals surface area (Å²) in [6.45, 7) is 5.55. The fourth-order valence-corrected chi connectivity index (χ4v) is 1.92. The fraction of sp³-hybridized carbons (Fsp3) is 0.818. The van der Waals surface area contributed by atoms with Crippen molar-refractivity contribution in [1.29, 1.82) is 0 Å². The van der Waals surface area contributed by atoms with Gasteiger partial charge in [0.05, 0.1) is 6.67 Å². The van der Waals surface area contributed by atoms with Crippen LogP contribution in [0.1, 0.15) is 39.5 Å². The lowest BCUT2D eigenvalue weighted by Gasteiger charge is -2.16. The van der Waals surface area contributed by atoms with Gasteiger partial charge in [0.25, 0.3) is 0 Å². The normalized spacial score (nSPS) is 17.5. The molecule has 0 amide bonds. The molecule has 0 unspecified atom stereocenters. The molecule has 13 heavy (non-hydrogen) atoms. The Labute approximate surface area is 82.2 Å². The van der Waals surface area contributed by atoms with Gasteiger partial charge in [-0.15, -0.1) is 0 Å². The van der Waals surface area contributed by atoms with Gasteiger partial charge in [0, 0.05) is 25.5 Å². The van der Waals surface area contributed by atoms with Crippen molar-refractivity contribution in [2.24, 2.45) is 0 Å². The van der Waals surface area contributed by atoms with Crippen molar-refractivity contribution in [3.63, 3.8) is 0 Å². The van der Waals surface area contributed by atoms with E-state index in [0.29, 0.717) is 0 Å². The number of hydrogen-bond acceptors (Lipinski definition) is 2. The lowest BCUT2D eigenvalue weighted by Crippen LogP contribution is -2.21. The van der Waals surface area contributed by atoms with E-state index in [1.54, 1.807) is 0 Å². The zero-order valence-corrected chi connectivity index (χ0v) is 9.43. The first kappa shape index (κ1) is 10.4. The molecule has 0 saturated carbocycles. The lowest BCUT2D eigenvalue weighted by atomic mass is 10.1. The highest BCUT2D eigenvalue weighted by Gasteiger charge is 2.19. The second kappa shape index (κ2) is 4.54. The van der Waals surface area contributed by atoms with Crippen LogP contribution in [0.5, 0.6) is 0 Å². The third kappa shape index (κ3) is 2.39. The van der Waals surface area contributed by atoms with Crippen LogP contribution >= 0.6 is 0 Å². The van der Waals surface area contributed by atoms with Gasteiger partial charge in [-0.25, -0.2) is 0 Å². The molecular weight excluding hydrogens is 160 g/mol. The Bertz CT molecular complexity index is 196. The fourth-order valence-electron chi connectivity index (χ4n) is 1.92. The summed E-state index contributed by atoms with van der Waals surface area (Å²) in [5, 5.41) is 0. The van der Waals surface area contributed by atoms with Crippen LogP contribution in [-0.4, -0.2) is 30.6 Å². The molecule has 1 aliphatic rings. The highest BCUT2D eigenvalue weighted by atomic mass is 15.3. The molecule has 1 heterocycles. The molecule has 0 saturated heterocycles. The first-order valence-corrected chi connectivity index (χ1v) is 5.28. The van der Waals surface area contributed by atoms with E-state index in [4.69, 9.17) is 0 Å². The van der Waals surface area contributed by atoms with E-state index in [0.717, 1.165) is 6.67 Å². The Kier molecular flexibility index (Phi) is 3.64. The summed E-state index contributed by atoms with van der Waals surface area (Å²) in [6.07, 6.45) is 5.25. The van der Waals surface area contributed by atoms with Crippen molar-refractivity contribution in [1.82, 2.24) is 9.80 Å². The van der Waals surface area contributed by atoms with Crippen LogP contribution in [0.2, 0.25) is 0 Å². The van der Waals surface area contributed by atoms with Crippen molar-refractivity contribution < 1.29 is 0 Å². The van der Waals surface area contributed by atoms with Crippen molar-refractivity contribution in [2.75, 3.05) is 20.8 Å². The molecule has 76 valence electrons. The molecule has 1 rings (SSSR count). The number of unbranched alkanes of at least 4 members (excludes halogenated alkanes) is 2. The average Bonchev–Trinajstić information content (AvgIpc) is 2.32. The minimum atomic E-state index is 1.06. The zero-order chi connectivity index (χ0) is 9.84. The van der Waals surface area contributed by atoms with Crippen LogP contribution in [0.25, 0.3) is 0 Å². The van der Waals surface area contributed by atoms with Gasteiger partial charge in [-0.05, 0) is 19.8 Å². The summed E-state index contributed by atoms with van der Waals surface area (Å²) in [6, 6.07) is 0. The predicted octanol–water partition coefficient (Wildman–Crippen LogP) is 2.63. The summed E-state index contributed by atoms with van der Waals surface area (Å²) >= 11 is 0. The van der Waals surface area contributed by atoms with E-state index < -0.39 is 0 Å². The number of rotatable bonds is 4. The Morgan fingerprint density at radius 3 is 2.31 bits per heavy atom. The van der Waals surface area contributed by atoms with E-state index in [2.05, 4.69) is 37.7 Å². The molecule has 0 fully saturated rings. The highest BCUT2D eigenvalue weighted by molar-refractivity contribution is 5.14. The second-order valence-corrected chi connectivity index (χ2v) is 4.03. The molecule has 0 atom stereocenters. The number of hydrogen-bond donors (Lipinski definition) is 0. The van der Waals surface area contributed by atoms with E-state index in [-0.39, 0.29) is 0 Å². The van der Waals surface area contributed by atoms with Crippen LogP contribution in [0.15, 0.2) is 11.4 Å². The SMILES string of the molecule is CCCCCC1=C(C)N(C)CN1C. The van der Waals surface area contributed by atoms with Crippen molar-refractivity contribution in [2.45, 2.75) is 39.5 Å². The molecule has 0 bridgehead atoms. The molecule has 2 heteroatoms. The largest absolute Gasteiger partial charge is 0.359 e. The topological polar surface area (TPSA) is 6.48 Å². The van der Waals surface area contributed by atoms with Gasteiger partial charge in [0.15, 0.2) is 0 Å². The maximum atomic E-state index is 2.37. The van der Waals surface area contributed by atoms with Crippen molar-refractivity contribution in [3.8, 4) is 0 Å². The first-order valence-electron chi connectivity index (χ1n) is 5.28. The van der Waals surface area contributed by atoms with Gasteiger partial charge in [-0.1, -0.05) is 19.8 Å². The highest BCUT2D eigenvalue weighted by Crippen LogP contribution is 2.24. The van der Waals surface area contributed by atoms with E-state index in [1.807, 2.05) is 0 Å². The third-order valence-electron chi connectivity index (χ3n) is 2.89. The quantitative estimate of drug-likeness (QED) is 0.617. The molecule has 0 spiro atoms. The molecule has 0 radical (unpaired) electrons. The summed E-state index contributed by atoms with van der Waals surface area (Å²) in [5.41, 5.74) is 2.99. The standard InChI is InChI=1S/C11H22N2/c1-5-6-7-8-11-10(2)12(3)9-13(11)4/h5-9H2,1-4H3. The summed E-state index contributed by atoms with van der Waals surface area (Å²) < 4.78 is 0. The summed E-state index contributed by atoms with van der Waals surface area (Å²) in [7, 11) is 4.35. The Hall–Kier alpha value is -0.660. The van der Waals surface area contributed by atoms with E-state index in [1.165, 1.54) is 37.1 Å². The van der Waals surface area contributed by atoms with Gasteiger partial charge in [-0.3, -0.25) is 0 Å². The van der Waals surface area contributed by atoms with Crippen molar-refractivity contribution in [3.05, 3.63) is 11.4 Å². The van der Waals surface area contributed by atoms with Crippen LogP contribution < -0.4 is 0 Å². The van der Waals surface area contributed by atoms with E-state index in [9.17, 15) is 0 Å². The Morgan fingerprint density at radius 2 is 1.85 bits per heavy atom. The third-order valence-corrected chi connectivity index (χ3v) is 2.89. The van der Waals surface area contributed by atoms with Crippen LogP contribution in [0.3, 0.4) is 0 Å². The van der Waals surface area contributed by atoms with Gasteiger partial charge in [0.2, 0.25) is 0 Å². The molecule has 0 aromatic carbocycles. The van der Waals surface area contributed by atoms with Crippen LogP contribution in [-0.2, 0) is 0 Å². The summed E-state index contributed by atoms with van der Waals surface area (Å²) in [5.74, 6) is 0. The second-order valence-electron chi connectivity index (χ2n) is 4.03. The monoisotopic (exact) mass is 182 g/mol. The molecule has 0 aromatic heterocycles. The number of nitrogens with zero attached hydrogens (tertiary/aromatic N) is 2. The van der Waals surface area contributed by atoms with Gasteiger partial charge in [-0.2, -0.15) is 0 Å². The molecule has 2 nitrogen and oxygen atoms in total. The molecule has 0 aromatic rings. The Morgan fingerprint density at radius 1 is 1.15 bits per heavy atom. The average molecular weight is 182 g/mol. The van der Waals surface area contributed by atoms with Gasteiger partial charge < -0.3 is 9.80 Å². The lowest BCUT2D eigenvalue weighted by molar-refractivity contribution is 0.313. The molecular formula is C11H22N2. The van der Waals surface area contributed by atoms with Gasteiger partial charge in [0.1, 0.15) is 0 Å². The smallest absolute Gasteiger partial charge is 0.0892 e. The molecule has 0 N–H and O–H groups in total. The minimum absolute atomic E-state index is 1.06. The molecule has 1 aliphatic heterocycles.